The summed E-state index contributed by atoms with van der Waals surface area (Å²) in [4.78, 5) is 39.4. The molecule has 0 bridgehead atoms. The first-order chi connectivity index (χ1) is 16.0. The number of nitrogens with zero attached hydrogens (tertiary/aromatic N) is 4. The lowest BCUT2D eigenvalue weighted by Gasteiger charge is -2.28. The number of rotatable bonds is 6. The summed E-state index contributed by atoms with van der Waals surface area (Å²) < 4.78 is 25.7. The van der Waals surface area contributed by atoms with Crippen LogP contribution in [0.15, 0.2) is 29.2 Å². The van der Waals surface area contributed by atoms with Crippen LogP contribution >= 0.6 is 0 Å². The second-order valence-corrected chi connectivity index (χ2v) is 8.43. The normalized spacial score (nSPS) is 20.4. The molecule has 1 aliphatic heterocycles. The van der Waals surface area contributed by atoms with Crippen LogP contribution in [0.1, 0.15) is 47.8 Å². The molecular formula is C23H24FN5O4. The Kier molecular flexibility index (Phi) is 5.76. The number of carbonyl (C=O) groups excluding carboxylic acids is 1. The van der Waals surface area contributed by atoms with Gasteiger partial charge in [-0.3, -0.25) is 4.79 Å². The molecule has 1 fully saturated rings. The summed E-state index contributed by atoms with van der Waals surface area (Å²) in [5.41, 5.74) is 1.80. The van der Waals surface area contributed by atoms with E-state index in [9.17, 15) is 14.0 Å². The number of allylic oxidation sites excluding steroid dienone is 2. The monoisotopic (exact) mass is 453 g/mol. The molecular weight excluding hydrogens is 429 g/mol. The van der Waals surface area contributed by atoms with Crippen LogP contribution in [0.2, 0.25) is 0 Å². The largest absolute Gasteiger partial charge is 0.464 e. The average molecular weight is 453 g/mol. The van der Waals surface area contributed by atoms with Crippen molar-refractivity contribution in [3.63, 3.8) is 0 Å². The van der Waals surface area contributed by atoms with Gasteiger partial charge in [0.2, 0.25) is 5.82 Å². The fraction of sp³-hybridized carbons (Fsp3) is 0.435. The van der Waals surface area contributed by atoms with Gasteiger partial charge in [0.1, 0.15) is 17.2 Å². The van der Waals surface area contributed by atoms with Gasteiger partial charge in [-0.1, -0.05) is 6.08 Å². The lowest BCUT2D eigenvalue weighted by molar-refractivity contribution is -0.0591. The quantitative estimate of drug-likeness (QED) is 0.571. The number of aromatic nitrogens is 5. The summed E-state index contributed by atoms with van der Waals surface area (Å²) in [5.74, 6) is 0.313. The van der Waals surface area contributed by atoms with Gasteiger partial charge >= 0.3 is 5.97 Å². The van der Waals surface area contributed by atoms with Gasteiger partial charge in [-0.15, -0.1) is 0 Å². The molecule has 4 heterocycles. The van der Waals surface area contributed by atoms with E-state index < -0.39 is 17.3 Å². The van der Waals surface area contributed by atoms with Crippen molar-refractivity contribution in [1.82, 2.24) is 24.5 Å². The van der Waals surface area contributed by atoms with Gasteiger partial charge in [-0.2, -0.15) is 4.39 Å². The standard InChI is InChI=1S/C23H24FN5O4/c1-32-23(31)18-7-6-17-21(27-18)29(12-15-8-9-33-15)19(26-17)10-13-2-4-14(5-3-13)20-25-11-16(24)22(30)28-20/h4,6-7,11,13,15H,2-3,5,8-10,12H2,1H3,(H,25,28,30)/t13?,15-/m0/s1. The van der Waals surface area contributed by atoms with Crippen LogP contribution in [0.5, 0.6) is 0 Å². The van der Waals surface area contributed by atoms with Gasteiger partial charge in [0.05, 0.1) is 26.0 Å². The molecule has 0 amide bonds. The molecule has 0 spiro atoms. The minimum atomic E-state index is -0.883. The summed E-state index contributed by atoms with van der Waals surface area (Å²) in [5, 5.41) is 0. The number of methoxy groups -OCH3 is 1. The minimum absolute atomic E-state index is 0.115. The molecule has 0 radical (unpaired) electrons. The van der Waals surface area contributed by atoms with E-state index in [4.69, 9.17) is 14.5 Å². The summed E-state index contributed by atoms with van der Waals surface area (Å²) in [6.45, 7) is 1.39. The van der Waals surface area contributed by atoms with Crippen molar-refractivity contribution in [2.75, 3.05) is 13.7 Å². The Labute approximate surface area is 188 Å². The fourth-order valence-electron chi connectivity index (χ4n) is 4.34. The van der Waals surface area contributed by atoms with E-state index >= 15 is 0 Å². The molecule has 1 saturated heterocycles. The van der Waals surface area contributed by atoms with E-state index in [0.717, 1.165) is 61.8 Å². The number of ether oxygens (including phenoxy) is 2. The highest BCUT2D eigenvalue weighted by Crippen LogP contribution is 2.31. The molecule has 2 atom stereocenters. The SMILES string of the molecule is COC(=O)c1ccc2nc(CC3CC=C(c4ncc(F)c(=O)[nH]4)CC3)n(C[C@@H]3CCO3)c2n1. The highest BCUT2D eigenvalue weighted by Gasteiger charge is 2.25. The third kappa shape index (κ3) is 4.30. The molecule has 5 rings (SSSR count). The van der Waals surface area contributed by atoms with Crippen molar-refractivity contribution >= 4 is 22.7 Å². The Balaban J connectivity index is 1.39. The molecule has 3 aromatic heterocycles. The topological polar surface area (TPSA) is 112 Å². The number of esters is 1. The van der Waals surface area contributed by atoms with Crippen LogP contribution in [-0.2, 0) is 22.4 Å². The van der Waals surface area contributed by atoms with E-state index in [1.54, 1.807) is 12.1 Å². The smallest absolute Gasteiger partial charge is 0.356 e. The zero-order valence-corrected chi connectivity index (χ0v) is 18.2. The minimum Gasteiger partial charge on any atom is -0.464 e. The van der Waals surface area contributed by atoms with Crippen LogP contribution in [0.4, 0.5) is 4.39 Å². The van der Waals surface area contributed by atoms with Gasteiger partial charge < -0.3 is 19.0 Å². The van der Waals surface area contributed by atoms with Gasteiger partial charge in [0, 0.05) is 13.0 Å². The molecule has 2 aliphatic rings. The number of fused-ring (bicyclic) bond motifs is 1. The molecule has 33 heavy (non-hydrogen) atoms. The Hall–Kier alpha value is -3.40. The van der Waals surface area contributed by atoms with Crippen molar-refractivity contribution < 1.29 is 18.7 Å². The molecule has 9 nitrogen and oxygen atoms in total. The van der Waals surface area contributed by atoms with E-state index in [2.05, 4.69) is 25.6 Å². The van der Waals surface area contributed by atoms with E-state index in [-0.39, 0.29) is 11.8 Å². The van der Waals surface area contributed by atoms with Gasteiger partial charge in [0.15, 0.2) is 11.3 Å². The number of imidazole rings is 1. The molecule has 0 saturated carbocycles. The lowest BCUT2D eigenvalue weighted by atomic mass is 9.87. The highest BCUT2D eigenvalue weighted by molar-refractivity contribution is 5.89. The van der Waals surface area contributed by atoms with Crippen molar-refractivity contribution in [2.45, 2.75) is 44.8 Å². The third-order valence-electron chi connectivity index (χ3n) is 6.30. The number of H-pyrrole nitrogens is 1. The van der Waals surface area contributed by atoms with Crippen LogP contribution in [-0.4, -0.2) is 50.3 Å². The third-order valence-corrected chi connectivity index (χ3v) is 6.30. The number of aromatic amines is 1. The van der Waals surface area contributed by atoms with Gasteiger partial charge in [-0.05, 0) is 49.3 Å². The van der Waals surface area contributed by atoms with Crippen LogP contribution < -0.4 is 5.56 Å². The van der Waals surface area contributed by atoms with Crippen LogP contribution in [0, 0.1) is 11.7 Å². The Morgan fingerprint density at radius 1 is 1.33 bits per heavy atom. The molecule has 172 valence electrons. The van der Waals surface area contributed by atoms with Crippen molar-refractivity contribution in [3.8, 4) is 0 Å². The average Bonchev–Trinajstić information content (AvgIpc) is 3.14. The molecule has 1 N–H and O–H groups in total. The van der Waals surface area contributed by atoms with Crippen molar-refractivity contribution in [2.24, 2.45) is 5.92 Å². The number of nitrogens with one attached hydrogen (secondary N) is 1. The number of carbonyl (C=O) groups is 1. The summed E-state index contributed by atoms with van der Waals surface area (Å²) in [6, 6.07) is 3.42. The number of halogens is 1. The Morgan fingerprint density at radius 3 is 2.85 bits per heavy atom. The summed E-state index contributed by atoms with van der Waals surface area (Å²) >= 11 is 0. The molecule has 1 unspecified atom stereocenters. The molecule has 0 aromatic carbocycles. The van der Waals surface area contributed by atoms with Gasteiger partial charge in [0.25, 0.3) is 5.56 Å². The summed E-state index contributed by atoms with van der Waals surface area (Å²) in [6.07, 6.45) is 7.26. The zero-order chi connectivity index (χ0) is 22.9. The van der Waals surface area contributed by atoms with Crippen LogP contribution in [0.3, 0.4) is 0 Å². The van der Waals surface area contributed by atoms with Gasteiger partial charge in [-0.25, -0.2) is 19.7 Å². The van der Waals surface area contributed by atoms with Crippen molar-refractivity contribution in [1.29, 1.82) is 0 Å². The second-order valence-electron chi connectivity index (χ2n) is 8.43. The lowest BCUT2D eigenvalue weighted by Crippen LogP contribution is -2.32. The summed E-state index contributed by atoms with van der Waals surface area (Å²) in [7, 11) is 1.33. The van der Waals surface area contributed by atoms with E-state index in [0.29, 0.717) is 23.9 Å². The maximum Gasteiger partial charge on any atom is 0.356 e. The maximum atomic E-state index is 13.2. The second kappa shape index (κ2) is 8.86. The molecule has 3 aromatic rings. The first-order valence-electron chi connectivity index (χ1n) is 11.0. The Morgan fingerprint density at radius 2 is 2.18 bits per heavy atom. The zero-order valence-electron chi connectivity index (χ0n) is 18.2. The first kappa shape index (κ1) is 21.4. The first-order valence-corrected chi connectivity index (χ1v) is 11.0. The number of hydrogen-bond donors (Lipinski definition) is 1. The predicted molar refractivity (Wildman–Crippen MR) is 117 cm³/mol. The number of pyridine rings is 1. The van der Waals surface area contributed by atoms with E-state index in [1.807, 2.05) is 0 Å². The number of hydrogen-bond acceptors (Lipinski definition) is 7. The van der Waals surface area contributed by atoms with E-state index in [1.165, 1.54) is 7.11 Å². The van der Waals surface area contributed by atoms with Crippen molar-refractivity contribution in [3.05, 3.63) is 57.9 Å². The molecule has 1 aliphatic carbocycles. The maximum absolute atomic E-state index is 13.2. The Bertz CT molecular complexity index is 1290. The predicted octanol–water partition coefficient (Wildman–Crippen LogP) is 2.66. The fourth-order valence-corrected chi connectivity index (χ4v) is 4.34. The molecule has 10 heteroatoms. The highest BCUT2D eigenvalue weighted by atomic mass is 19.1. The van der Waals surface area contributed by atoms with Crippen LogP contribution in [0.25, 0.3) is 16.7 Å².